The second-order valence-corrected chi connectivity index (χ2v) is 13.2. The third kappa shape index (κ3) is 7.57. The molecule has 7 heteroatoms. The first-order chi connectivity index (χ1) is 15.0. The van der Waals surface area contributed by atoms with Crippen molar-refractivity contribution in [2.75, 3.05) is 45.8 Å². The van der Waals surface area contributed by atoms with Crippen LogP contribution >= 0.6 is 0 Å². The lowest BCUT2D eigenvalue weighted by Gasteiger charge is -2.51. The Balaban J connectivity index is 2.14. The molecule has 7 nitrogen and oxygen atoms in total. The molecule has 2 rings (SSSR count). The van der Waals surface area contributed by atoms with E-state index in [1.807, 2.05) is 25.7 Å². The Labute approximate surface area is 202 Å². The summed E-state index contributed by atoms with van der Waals surface area (Å²) in [6.45, 7) is 26.3. The van der Waals surface area contributed by atoms with Crippen LogP contribution in [0.4, 0.5) is 4.79 Å². The molecular formula is C26H50N4O3. The van der Waals surface area contributed by atoms with E-state index >= 15 is 0 Å². The number of nitrogens with zero attached hydrogens (tertiary/aromatic N) is 3. The minimum absolute atomic E-state index is 0.113. The van der Waals surface area contributed by atoms with E-state index in [1.165, 1.54) is 0 Å². The molecule has 2 fully saturated rings. The molecule has 0 spiro atoms. The maximum absolute atomic E-state index is 13.5. The van der Waals surface area contributed by atoms with Gasteiger partial charge in [-0.3, -0.25) is 14.6 Å². The first kappa shape index (κ1) is 27.9. The molecule has 192 valence electrons. The van der Waals surface area contributed by atoms with Crippen LogP contribution in [0.3, 0.4) is 0 Å². The highest BCUT2D eigenvalue weighted by atomic mass is 16.6. The maximum Gasteiger partial charge on any atom is 0.410 e. The molecule has 33 heavy (non-hydrogen) atoms. The summed E-state index contributed by atoms with van der Waals surface area (Å²) in [6.07, 6.45) is 1.47. The highest BCUT2D eigenvalue weighted by Crippen LogP contribution is 2.37. The quantitative estimate of drug-likeness (QED) is 0.664. The monoisotopic (exact) mass is 466 g/mol. The highest BCUT2D eigenvalue weighted by Gasteiger charge is 2.47. The number of hydrogen-bond acceptors (Lipinski definition) is 5. The number of likely N-dealkylation sites (tertiary alicyclic amines) is 1. The summed E-state index contributed by atoms with van der Waals surface area (Å²) >= 11 is 0. The molecule has 0 aliphatic carbocycles. The van der Waals surface area contributed by atoms with Crippen LogP contribution in [0.2, 0.25) is 0 Å². The average Bonchev–Trinajstić information content (AvgIpc) is 2.63. The lowest BCUT2D eigenvalue weighted by Crippen LogP contribution is -2.64. The molecule has 0 saturated carbocycles. The van der Waals surface area contributed by atoms with Crippen LogP contribution in [-0.2, 0) is 9.53 Å². The van der Waals surface area contributed by atoms with Gasteiger partial charge in [-0.05, 0) is 87.2 Å². The summed E-state index contributed by atoms with van der Waals surface area (Å²) in [5, 5.41) is 3.24. The summed E-state index contributed by atoms with van der Waals surface area (Å²) in [4.78, 5) is 33.0. The van der Waals surface area contributed by atoms with Crippen LogP contribution in [0.25, 0.3) is 0 Å². The molecule has 2 aliphatic heterocycles. The number of nitrogens with one attached hydrogen (secondary N) is 1. The summed E-state index contributed by atoms with van der Waals surface area (Å²) in [5.74, 6) is 0.620. The van der Waals surface area contributed by atoms with Crippen molar-refractivity contribution >= 4 is 12.0 Å². The molecule has 0 aromatic carbocycles. The zero-order chi connectivity index (χ0) is 25.2. The van der Waals surface area contributed by atoms with E-state index in [0.717, 1.165) is 45.6 Å². The van der Waals surface area contributed by atoms with Gasteiger partial charge < -0.3 is 15.0 Å². The van der Waals surface area contributed by atoms with Gasteiger partial charge in [0.1, 0.15) is 5.60 Å². The van der Waals surface area contributed by atoms with Gasteiger partial charge >= 0.3 is 6.09 Å². The van der Waals surface area contributed by atoms with Crippen LogP contribution in [0.5, 0.6) is 0 Å². The second kappa shape index (κ2) is 10.1. The number of ether oxygens (including phenoxy) is 1. The molecule has 0 aromatic rings. The summed E-state index contributed by atoms with van der Waals surface area (Å²) in [7, 11) is 0. The molecule has 0 atom stereocenters. The lowest BCUT2D eigenvalue weighted by molar-refractivity contribution is -0.138. The van der Waals surface area contributed by atoms with Crippen LogP contribution in [0, 0.1) is 11.3 Å². The number of piperidine rings is 1. The lowest BCUT2D eigenvalue weighted by atomic mass is 9.75. The normalized spacial score (nSPS) is 22.3. The molecule has 0 radical (unpaired) electrons. The first-order valence-corrected chi connectivity index (χ1v) is 12.7. The molecule has 0 aromatic heterocycles. The largest absolute Gasteiger partial charge is 0.444 e. The Morgan fingerprint density at radius 2 is 1.55 bits per heavy atom. The van der Waals surface area contributed by atoms with Gasteiger partial charge in [-0.25, -0.2) is 4.79 Å². The van der Waals surface area contributed by atoms with Gasteiger partial charge in [0, 0.05) is 38.3 Å². The van der Waals surface area contributed by atoms with Crippen molar-refractivity contribution in [3.63, 3.8) is 0 Å². The zero-order valence-corrected chi connectivity index (χ0v) is 23.0. The molecule has 2 amide bonds. The second-order valence-electron chi connectivity index (χ2n) is 13.2. The van der Waals surface area contributed by atoms with Crippen LogP contribution in [0.1, 0.15) is 82.1 Å². The maximum atomic E-state index is 13.5. The average molecular weight is 467 g/mol. The molecule has 1 N–H and O–H groups in total. The summed E-state index contributed by atoms with van der Waals surface area (Å²) < 4.78 is 5.65. The Kier molecular flexibility index (Phi) is 8.55. The minimum atomic E-state index is -0.510. The predicted molar refractivity (Wildman–Crippen MR) is 134 cm³/mol. The van der Waals surface area contributed by atoms with Gasteiger partial charge in [0.05, 0.1) is 11.0 Å². The van der Waals surface area contributed by atoms with E-state index in [9.17, 15) is 9.59 Å². The van der Waals surface area contributed by atoms with Crippen molar-refractivity contribution in [3.8, 4) is 0 Å². The molecule has 2 heterocycles. The van der Waals surface area contributed by atoms with E-state index < -0.39 is 5.60 Å². The zero-order valence-electron chi connectivity index (χ0n) is 23.0. The fourth-order valence-electron chi connectivity index (χ4n) is 5.02. The Morgan fingerprint density at radius 1 is 0.970 bits per heavy atom. The van der Waals surface area contributed by atoms with Crippen LogP contribution < -0.4 is 5.32 Å². The van der Waals surface area contributed by atoms with Gasteiger partial charge in [0.2, 0.25) is 5.91 Å². The van der Waals surface area contributed by atoms with Gasteiger partial charge in [-0.1, -0.05) is 13.8 Å². The number of piperazine rings is 1. The first-order valence-electron chi connectivity index (χ1n) is 12.7. The van der Waals surface area contributed by atoms with Crippen molar-refractivity contribution in [3.05, 3.63) is 0 Å². The minimum Gasteiger partial charge on any atom is -0.444 e. The third-order valence-electron chi connectivity index (χ3n) is 6.94. The predicted octanol–water partition coefficient (Wildman–Crippen LogP) is 3.97. The Hall–Kier alpha value is -1.34. The SMILES string of the molecule is CC(C)CNC(=O)C1(CN2CCN(C(=O)OC(C)(C)C)C(C)(C)C2)CCN(C(C)(C)C)CC1. The fourth-order valence-corrected chi connectivity index (χ4v) is 5.02. The van der Waals surface area contributed by atoms with Crippen molar-refractivity contribution < 1.29 is 14.3 Å². The Morgan fingerprint density at radius 3 is 2.00 bits per heavy atom. The van der Waals surface area contributed by atoms with E-state index in [1.54, 1.807) is 0 Å². The standard InChI is InChI=1S/C26H50N4O3/c1-20(2)17-27-21(31)26(11-13-29(14-12-26)23(3,4)5)19-28-15-16-30(25(9,10)18-28)22(32)33-24(6,7)8/h20H,11-19H2,1-10H3,(H,27,31). The van der Waals surface area contributed by atoms with Gasteiger partial charge in [0.25, 0.3) is 0 Å². The molecule has 0 unspecified atom stereocenters. The highest BCUT2D eigenvalue weighted by molar-refractivity contribution is 5.83. The van der Waals surface area contributed by atoms with Crippen molar-refractivity contribution in [2.24, 2.45) is 11.3 Å². The smallest absolute Gasteiger partial charge is 0.410 e. The van der Waals surface area contributed by atoms with Crippen LogP contribution in [-0.4, -0.2) is 89.2 Å². The number of carbonyl (C=O) groups is 2. The number of amides is 2. The summed E-state index contributed by atoms with van der Waals surface area (Å²) in [6, 6.07) is 0. The van der Waals surface area contributed by atoms with Gasteiger partial charge in [0.15, 0.2) is 0 Å². The van der Waals surface area contributed by atoms with Crippen molar-refractivity contribution in [1.29, 1.82) is 0 Å². The van der Waals surface area contributed by atoms with Gasteiger partial charge in [-0.2, -0.15) is 0 Å². The number of carbonyl (C=O) groups excluding carboxylic acids is 2. The molecular weight excluding hydrogens is 416 g/mol. The topological polar surface area (TPSA) is 65.1 Å². The van der Waals surface area contributed by atoms with Crippen molar-refractivity contribution in [1.82, 2.24) is 20.0 Å². The molecule has 0 bridgehead atoms. The Bertz CT molecular complexity index is 683. The molecule has 2 saturated heterocycles. The fraction of sp³-hybridized carbons (Fsp3) is 0.923. The number of hydrogen-bond donors (Lipinski definition) is 1. The van der Waals surface area contributed by atoms with E-state index in [4.69, 9.17) is 4.74 Å². The third-order valence-corrected chi connectivity index (χ3v) is 6.94. The number of rotatable bonds is 5. The van der Waals surface area contributed by atoms with E-state index in [0.29, 0.717) is 19.0 Å². The van der Waals surface area contributed by atoms with E-state index in [-0.39, 0.29) is 28.5 Å². The van der Waals surface area contributed by atoms with E-state index in [2.05, 4.69) is 63.6 Å². The summed E-state index contributed by atoms with van der Waals surface area (Å²) in [5.41, 5.74) is -1.14. The van der Waals surface area contributed by atoms with Crippen LogP contribution in [0.15, 0.2) is 0 Å². The van der Waals surface area contributed by atoms with Gasteiger partial charge in [-0.15, -0.1) is 0 Å². The molecule has 2 aliphatic rings. The van der Waals surface area contributed by atoms with Crippen molar-refractivity contribution in [2.45, 2.75) is 98.8 Å².